The second-order valence-corrected chi connectivity index (χ2v) is 2.84. The summed E-state index contributed by atoms with van der Waals surface area (Å²) < 4.78 is 5.07. The summed E-state index contributed by atoms with van der Waals surface area (Å²) in [5, 5.41) is 0. The standard InChI is InChI=1S/C10H14O2/c1-2-6-10(11)12-9-7-4-3-5-8-9/h2,6-7H,3-5,8H2,1H3. The van der Waals surface area contributed by atoms with Gasteiger partial charge < -0.3 is 4.74 Å². The van der Waals surface area contributed by atoms with E-state index >= 15 is 0 Å². The number of esters is 1. The number of ether oxygens (including phenoxy) is 1. The van der Waals surface area contributed by atoms with Crippen LogP contribution in [0.2, 0.25) is 0 Å². The third-order valence-corrected chi connectivity index (χ3v) is 1.78. The normalized spacial score (nSPS) is 17.6. The predicted octanol–water partition coefficient (Wildman–Crippen LogP) is 2.56. The predicted molar refractivity (Wildman–Crippen MR) is 47.5 cm³/mol. The Morgan fingerprint density at radius 2 is 2.42 bits per heavy atom. The molecule has 0 aromatic carbocycles. The zero-order valence-corrected chi connectivity index (χ0v) is 7.38. The van der Waals surface area contributed by atoms with E-state index in [1.165, 1.54) is 12.5 Å². The minimum absolute atomic E-state index is 0.259. The van der Waals surface area contributed by atoms with Gasteiger partial charge in [-0.1, -0.05) is 6.08 Å². The van der Waals surface area contributed by atoms with Gasteiger partial charge in [-0.05, 0) is 32.3 Å². The van der Waals surface area contributed by atoms with Gasteiger partial charge in [0, 0.05) is 12.5 Å². The van der Waals surface area contributed by atoms with Crippen molar-refractivity contribution in [2.24, 2.45) is 0 Å². The lowest BCUT2D eigenvalue weighted by Gasteiger charge is -2.10. The van der Waals surface area contributed by atoms with Crippen LogP contribution in [-0.4, -0.2) is 5.97 Å². The first-order chi connectivity index (χ1) is 5.83. The Labute approximate surface area is 72.9 Å². The molecule has 0 N–H and O–H groups in total. The smallest absolute Gasteiger partial charge is 0.335 e. The molecule has 0 saturated heterocycles. The topological polar surface area (TPSA) is 26.3 Å². The number of carbonyl (C=O) groups excluding carboxylic acids is 1. The Bertz CT molecular complexity index is 214. The molecule has 0 bridgehead atoms. The molecule has 0 amide bonds. The highest BCUT2D eigenvalue weighted by molar-refractivity contribution is 5.82. The Hall–Kier alpha value is -1.05. The van der Waals surface area contributed by atoms with Crippen LogP contribution in [0.3, 0.4) is 0 Å². The van der Waals surface area contributed by atoms with Gasteiger partial charge >= 0.3 is 5.97 Å². The molecule has 1 aliphatic carbocycles. The van der Waals surface area contributed by atoms with Gasteiger partial charge in [0.15, 0.2) is 0 Å². The summed E-state index contributed by atoms with van der Waals surface area (Å²) in [6.07, 6.45) is 9.42. The maximum absolute atomic E-state index is 11.0. The molecule has 1 rings (SSSR count). The van der Waals surface area contributed by atoms with Crippen molar-refractivity contribution >= 4 is 5.97 Å². The average Bonchev–Trinajstić information content (AvgIpc) is 2.06. The van der Waals surface area contributed by atoms with Crippen molar-refractivity contribution in [3.8, 4) is 0 Å². The van der Waals surface area contributed by atoms with E-state index in [2.05, 4.69) is 0 Å². The number of hydrogen-bond acceptors (Lipinski definition) is 2. The lowest BCUT2D eigenvalue weighted by Crippen LogP contribution is -2.03. The second kappa shape index (κ2) is 4.75. The lowest BCUT2D eigenvalue weighted by molar-refractivity contribution is -0.134. The fraction of sp³-hybridized carbons (Fsp3) is 0.500. The third kappa shape index (κ3) is 2.91. The monoisotopic (exact) mass is 166 g/mol. The van der Waals surface area contributed by atoms with E-state index in [0.29, 0.717) is 0 Å². The molecule has 0 aromatic rings. The van der Waals surface area contributed by atoms with Crippen LogP contribution in [0.4, 0.5) is 0 Å². The second-order valence-electron chi connectivity index (χ2n) is 2.84. The molecule has 0 spiro atoms. The minimum atomic E-state index is -0.259. The van der Waals surface area contributed by atoms with Crippen LogP contribution < -0.4 is 0 Å². The molecular weight excluding hydrogens is 152 g/mol. The minimum Gasteiger partial charge on any atom is -0.428 e. The van der Waals surface area contributed by atoms with Gasteiger partial charge in [-0.15, -0.1) is 0 Å². The Morgan fingerprint density at radius 3 is 3.00 bits per heavy atom. The van der Waals surface area contributed by atoms with Gasteiger partial charge in [0.1, 0.15) is 5.76 Å². The molecular formula is C10H14O2. The largest absolute Gasteiger partial charge is 0.428 e. The maximum atomic E-state index is 11.0. The van der Waals surface area contributed by atoms with Gasteiger partial charge in [-0.2, -0.15) is 0 Å². The van der Waals surface area contributed by atoms with Crippen LogP contribution in [0.1, 0.15) is 32.6 Å². The van der Waals surface area contributed by atoms with Crippen molar-refractivity contribution in [3.05, 3.63) is 24.0 Å². The first kappa shape index (κ1) is 9.04. The highest BCUT2D eigenvalue weighted by Gasteiger charge is 2.06. The van der Waals surface area contributed by atoms with Crippen LogP contribution in [0, 0.1) is 0 Å². The summed E-state index contributed by atoms with van der Waals surface area (Å²) in [5.41, 5.74) is 0. The summed E-state index contributed by atoms with van der Waals surface area (Å²) in [5.74, 6) is 0.579. The van der Waals surface area contributed by atoms with E-state index in [0.717, 1.165) is 25.0 Å². The molecule has 0 aliphatic heterocycles. The van der Waals surface area contributed by atoms with Crippen molar-refractivity contribution in [3.63, 3.8) is 0 Å². The van der Waals surface area contributed by atoms with E-state index in [4.69, 9.17) is 4.74 Å². The Morgan fingerprint density at radius 1 is 1.58 bits per heavy atom. The van der Waals surface area contributed by atoms with Gasteiger partial charge in [0.2, 0.25) is 0 Å². The van der Waals surface area contributed by atoms with Gasteiger partial charge in [0.25, 0.3) is 0 Å². The summed E-state index contributed by atoms with van der Waals surface area (Å²) in [7, 11) is 0. The fourth-order valence-corrected chi connectivity index (χ4v) is 1.20. The molecule has 0 radical (unpaired) electrons. The summed E-state index contributed by atoms with van der Waals surface area (Å²) in [6, 6.07) is 0. The first-order valence-corrected chi connectivity index (χ1v) is 4.36. The Kier molecular flexibility index (Phi) is 3.58. The lowest BCUT2D eigenvalue weighted by atomic mass is 10.1. The quantitative estimate of drug-likeness (QED) is 0.465. The SMILES string of the molecule is CC=CC(=O)OC1=CCCCC1. The van der Waals surface area contributed by atoms with Crippen molar-refractivity contribution in [1.29, 1.82) is 0 Å². The molecule has 2 nitrogen and oxygen atoms in total. The molecule has 2 heteroatoms. The summed E-state index contributed by atoms with van der Waals surface area (Å²) in [4.78, 5) is 11.0. The van der Waals surface area contributed by atoms with Crippen LogP contribution in [-0.2, 0) is 9.53 Å². The van der Waals surface area contributed by atoms with E-state index in [1.807, 2.05) is 6.08 Å². The van der Waals surface area contributed by atoms with Crippen molar-refractivity contribution < 1.29 is 9.53 Å². The molecule has 66 valence electrons. The highest BCUT2D eigenvalue weighted by Crippen LogP contribution is 2.18. The highest BCUT2D eigenvalue weighted by atomic mass is 16.5. The van der Waals surface area contributed by atoms with E-state index in [-0.39, 0.29) is 5.97 Å². The van der Waals surface area contributed by atoms with Crippen LogP contribution in [0.5, 0.6) is 0 Å². The number of rotatable bonds is 2. The van der Waals surface area contributed by atoms with Crippen molar-refractivity contribution in [1.82, 2.24) is 0 Å². The van der Waals surface area contributed by atoms with E-state index < -0.39 is 0 Å². The van der Waals surface area contributed by atoms with E-state index in [9.17, 15) is 4.79 Å². The molecule has 1 aliphatic rings. The molecule has 0 atom stereocenters. The molecule has 0 heterocycles. The maximum Gasteiger partial charge on any atom is 0.335 e. The molecule has 0 saturated carbocycles. The van der Waals surface area contributed by atoms with Crippen LogP contribution in [0.25, 0.3) is 0 Å². The fourth-order valence-electron chi connectivity index (χ4n) is 1.20. The van der Waals surface area contributed by atoms with Crippen LogP contribution >= 0.6 is 0 Å². The van der Waals surface area contributed by atoms with E-state index in [1.54, 1.807) is 13.0 Å². The average molecular weight is 166 g/mol. The molecule has 0 unspecified atom stereocenters. The number of hydrogen-bond donors (Lipinski definition) is 0. The van der Waals surface area contributed by atoms with Crippen molar-refractivity contribution in [2.75, 3.05) is 0 Å². The van der Waals surface area contributed by atoms with Crippen molar-refractivity contribution in [2.45, 2.75) is 32.6 Å². The van der Waals surface area contributed by atoms with Gasteiger partial charge in [0.05, 0.1) is 0 Å². The molecule has 0 aromatic heterocycles. The first-order valence-electron chi connectivity index (χ1n) is 4.36. The zero-order chi connectivity index (χ0) is 8.81. The Balaban J connectivity index is 2.39. The summed E-state index contributed by atoms with van der Waals surface area (Å²) in [6.45, 7) is 1.80. The summed E-state index contributed by atoms with van der Waals surface area (Å²) >= 11 is 0. The number of carbonyl (C=O) groups is 1. The zero-order valence-electron chi connectivity index (χ0n) is 7.38. The number of allylic oxidation sites excluding steroid dienone is 3. The van der Waals surface area contributed by atoms with Gasteiger partial charge in [-0.25, -0.2) is 4.79 Å². The molecule has 0 fully saturated rings. The molecule has 12 heavy (non-hydrogen) atoms. The van der Waals surface area contributed by atoms with Crippen LogP contribution in [0.15, 0.2) is 24.0 Å². The third-order valence-electron chi connectivity index (χ3n) is 1.78. The van der Waals surface area contributed by atoms with Gasteiger partial charge in [-0.3, -0.25) is 0 Å².